The van der Waals surface area contributed by atoms with E-state index in [1.54, 1.807) is 0 Å². The summed E-state index contributed by atoms with van der Waals surface area (Å²) in [7, 11) is 0. The summed E-state index contributed by atoms with van der Waals surface area (Å²) in [6.07, 6.45) is 0. The van der Waals surface area contributed by atoms with Gasteiger partial charge in [-0.1, -0.05) is 146 Å². The van der Waals surface area contributed by atoms with Crippen molar-refractivity contribution in [2.45, 2.75) is 0 Å². The van der Waals surface area contributed by atoms with E-state index in [0.29, 0.717) is 5.82 Å². The summed E-state index contributed by atoms with van der Waals surface area (Å²) in [4.78, 5) is 12.7. The Labute approximate surface area is 330 Å². The average molecular weight is 731 g/mol. The highest BCUT2D eigenvalue weighted by molar-refractivity contribution is 6.10. The number of hydrogen-bond donors (Lipinski definition) is 0. The van der Waals surface area contributed by atoms with E-state index in [1.165, 1.54) is 11.1 Å². The van der Waals surface area contributed by atoms with E-state index in [0.717, 1.165) is 84.1 Å². The van der Waals surface area contributed by atoms with Gasteiger partial charge in [0.25, 0.3) is 0 Å². The second kappa shape index (κ2) is 13.5. The van der Waals surface area contributed by atoms with Gasteiger partial charge < -0.3 is 9.64 Å². The lowest BCUT2D eigenvalue weighted by Crippen LogP contribution is -2.15. The molecule has 5 heteroatoms. The molecule has 0 amide bonds. The fourth-order valence-corrected chi connectivity index (χ4v) is 8.07. The molecule has 0 N–H and O–H groups in total. The molecule has 0 saturated carbocycles. The molecule has 0 atom stereocenters. The number of para-hydroxylation sites is 4. The van der Waals surface area contributed by atoms with Gasteiger partial charge in [0.1, 0.15) is 5.82 Å². The molecule has 1 aliphatic heterocycles. The summed E-state index contributed by atoms with van der Waals surface area (Å²) in [5.74, 6) is 3.14. The lowest BCUT2D eigenvalue weighted by Gasteiger charge is -2.33. The van der Waals surface area contributed by atoms with Crippen molar-refractivity contribution in [1.82, 2.24) is 14.5 Å². The Morgan fingerprint density at radius 3 is 1.75 bits per heavy atom. The SMILES string of the molecule is c1ccc(-c2ccc(-c3cc(-n4c5ccccc5c5cc(-c6ccc7c(c6)Oc6ccccc6N7c6ccccc6)ccc54)nc(-c4ccccc4)n3)cc2)cc1. The van der Waals surface area contributed by atoms with E-state index in [-0.39, 0.29) is 0 Å². The van der Waals surface area contributed by atoms with Crippen LogP contribution in [0, 0.1) is 0 Å². The smallest absolute Gasteiger partial charge is 0.162 e. The van der Waals surface area contributed by atoms with E-state index in [2.05, 4.69) is 173 Å². The topological polar surface area (TPSA) is 43.2 Å². The molecule has 57 heavy (non-hydrogen) atoms. The second-order valence-corrected chi connectivity index (χ2v) is 14.3. The molecular formula is C52H34N4O. The number of aromatic nitrogens is 3. The van der Waals surface area contributed by atoms with Crippen LogP contribution in [0.4, 0.5) is 17.1 Å². The van der Waals surface area contributed by atoms with Gasteiger partial charge in [-0.15, -0.1) is 0 Å². The van der Waals surface area contributed by atoms with Gasteiger partial charge in [-0.2, -0.15) is 0 Å². The lowest BCUT2D eigenvalue weighted by molar-refractivity contribution is 0.477. The van der Waals surface area contributed by atoms with Crippen LogP contribution < -0.4 is 9.64 Å². The van der Waals surface area contributed by atoms with Crippen LogP contribution in [-0.2, 0) is 0 Å². The number of anilines is 3. The molecule has 1 aliphatic rings. The lowest BCUT2D eigenvalue weighted by atomic mass is 10.0. The monoisotopic (exact) mass is 730 g/mol. The van der Waals surface area contributed by atoms with Crippen LogP contribution >= 0.6 is 0 Å². The maximum absolute atomic E-state index is 6.58. The summed E-state index contributed by atoms with van der Waals surface area (Å²) < 4.78 is 8.85. The highest BCUT2D eigenvalue weighted by atomic mass is 16.5. The Morgan fingerprint density at radius 1 is 0.368 bits per heavy atom. The third-order valence-corrected chi connectivity index (χ3v) is 10.8. The molecule has 2 aromatic heterocycles. The van der Waals surface area contributed by atoms with Crippen molar-refractivity contribution < 1.29 is 4.74 Å². The van der Waals surface area contributed by atoms with Crippen molar-refractivity contribution >= 4 is 38.9 Å². The zero-order valence-electron chi connectivity index (χ0n) is 30.8. The molecule has 0 saturated heterocycles. The van der Waals surface area contributed by atoms with Gasteiger partial charge in [0.15, 0.2) is 17.3 Å². The van der Waals surface area contributed by atoms with Crippen molar-refractivity contribution in [2.24, 2.45) is 0 Å². The van der Waals surface area contributed by atoms with Crippen LogP contribution in [0.25, 0.3) is 72.5 Å². The van der Waals surface area contributed by atoms with Crippen molar-refractivity contribution in [1.29, 1.82) is 0 Å². The van der Waals surface area contributed by atoms with Crippen molar-refractivity contribution in [2.75, 3.05) is 4.90 Å². The van der Waals surface area contributed by atoms with E-state index in [9.17, 15) is 0 Å². The normalized spacial score (nSPS) is 12.0. The summed E-state index contributed by atoms with van der Waals surface area (Å²) >= 11 is 0. The van der Waals surface area contributed by atoms with Crippen molar-refractivity contribution in [3.05, 3.63) is 206 Å². The first-order valence-corrected chi connectivity index (χ1v) is 19.2. The zero-order valence-corrected chi connectivity index (χ0v) is 30.8. The first kappa shape index (κ1) is 32.7. The van der Waals surface area contributed by atoms with Crippen molar-refractivity contribution in [3.8, 4) is 62.2 Å². The van der Waals surface area contributed by atoms with Crippen LogP contribution in [0.3, 0.4) is 0 Å². The molecule has 8 aromatic carbocycles. The van der Waals surface area contributed by atoms with E-state index in [4.69, 9.17) is 14.7 Å². The Balaban J connectivity index is 1.04. The maximum atomic E-state index is 6.58. The molecule has 0 spiro atoms. The Kier molecular flexibility index (Phi) is 7.74. The molecule has 0 fully saturated rings. The number of hydrogen-bond acceptors (Lipinski definition) is 4. The minimum Gasteiger partial charge on any atom is -0.453 e. The molecule has 0 aliphatic carbocycles. The molecule has 10 aromatic rings. The Hall–Kier alpha value is -7.76. The highest BCUT2D eigenvalue weighted by Gasteiger charge is 2.26. The van der Waals surface area contributed by atoms with Crippen LogP contribution in [0.1, 0.15) is 0 Å². The van der Waals surface area contributed by atoms with Gasteiger partial charge in [0.2, 0.25) is 0 Å². The van der Waals surface area contributed by atoms with Crippen LogP contribution in [0.5, 0.6) is 11.5 Å². The highest BCUT2D eigenvalue weighted by Crippen LogP contribution is 2.51. The number of ether oxygens (including phenoxy) is 1. The number of fused-ring (bicyclic) bond motifs is 5. The van der Waals surface area contributed by atoms with E-state index in [1.807, 2.05) is 42.5 Å². The predicted octanol–water partition coefficient (Wildman–Crippen LogP) is 13.8. The van der Waals surface area contributed by atoms with E-state index >= 15 is 0 Å². The molecule has 268 valence electrons. The van der Waals surface area contributed by atoms with E-state index < -0.39 is 0 Å². The van der Waals surface area contributed by atoms with Crippen molar-refractivity contribution in [3.63, 3.8) is 0 Å². The summed E-state index contributed by atoms with van der Waals surface area (Å²) in [5, 5.41) is 2.30. The minimum atomic E-state index is 0.679. The fourth-order valence-electron chi connectivity index (χ4n) is 8.07. The number of nitrogens with zero attached hydrogens (tertiary/aromatic N) is 4. The second-order valence-electron chi connectivity index (χ2n) is 14.3. The minimum absolute atomic E-state index is 0.679. The van der Waals surface area contributed by atoms with Gasteiger partial charge in [-0.25, -0.2) is 9.97 Å². The third kappa shape index (κ3) is 5.72. The molecule has 3 heterocycles. The molecule has 11 rings (SSSR count). The zero-order chi connectivity index (χ0) is 37.7. The van der Waals surface area contributed by atoms with Gasteiger partial charge in [0.05, 0.1) is 28.1 Å². The Bertz CT molecular complexity index is 3090. The Morgan fingerprint density at radius 2 is 0.947 bits per heavy atom. The molecular weight excluding hydrogens is 697 g/mol. The number of rotatable bonds is 6. The van der Waals surface area contributed by atoms with Gasteiger partial charge >= 0.3 is 0 Å². The predicted molar refractivity (Wildman–Crippen MR) is 233 cm³/mol. The quantitative estimate of drug-likeness (QED) is 0.171. The maximum Gasteiger partial charge on any atom is 0.162 e. The van der Waals surface area contributed by atoms with Gasteiger partial charge in [-0.3, -0.25) is 4.57 Å². The average Bonchev–Trinajstić information content (AvgIpc) is 3.62. The standard InChI is InChI=1S/C52H34N4O/c1-4-14-35(15-5-1)36-24-26-37(27-25-36)44-34-51(54-52(53-44)38-16-6-2-7-17-38)56-45-21-11-10-20-42(45)43-32-39(28-30-46(43)56)40-29-31-48-50(33-40)57-49-23-13-12-22-47(49)55(48)41-18-8-3-9-19-41/h1-34H. The third-order valence-electron chi connectivity index (χ3n) is 10.8. The summed E-state index contributed by atoms with van der Waals surface area (Å²) in [5.41, 5.74) is 12.7. The number of benzene rings is 8. The largest absolute Gasteiger partial charge is 0.453 e. The van der Waals surface area contributed by atoms with Gasteiger partial charge in [-0.05, 0) is 76.9 Å². The fraction of sp³-hybridized carbons (Fsp3) is 0. The van der Waals surface area contributed by atoms with Crippen LogP contribution in [0.2, 0.25) is 0 Å². The first-order valence-electron chi connectivity index (χ1n) is 19.2. The first-order chi connectivity index (χ1) is 28.2. The molecule has 0 bridgehead atoms. The molecule has 5 nitrogen and oxygen atoms in total. The summed E-state index contributed by atoms with van der Waals surface area (Å²) in [6, 6.07) is 71.9. The summed E-state index contributed by atoms with van der Waals surface area (Å²) in [6.45, 7) is 0. The molecule has 0 radical (unpaired) electrons. The molecule has 0 unspecified atom stereocenters. The van der Waals surface area contributed by atoms with Crippen LogP contribution in [-0.4, -0.2) is 14.5 Å². The van der Waals surface area contributed by atoms with Crippen LogP contribution in [0.15, 0.2) is 206 Å². The van der Waals surface area contributed by atoms with Gasteiger partial charge in [0, 0.05) is 33.7 Å².